The number of hydrogen-bond donors (Lipinski definition) is 1. The lowest BCUT2D eigenvalue weighted by molar-refractivity contribution is 0.458. The Morgan fingerprint density at radius 2 is 2.00 bits per heavy atom. The van der Waals surface area contributed by atoms with Crippen molar-refractivity contribution in [1.82, 2.24) is 10.3 Å². The molecule has 106 valence electrons. The minimum absolute atomic E-state index is 0.308. The topological polar surface area (TPSA) is 34.1 Å². The fraction of sp³-hybridized carbons (Fsp3) is 0.353. The van der Waals surface area contributed by atoms with E-state index in [0.29, 0.717) is 11.9 Å². The van der Waals surface area contributed by atoms with E-state index in [1.165, 1.54) is 11.1 Å². The van der Waals surface area contributed by atoms with Gasteiger partial charge < -0.3 is 10.1 Å². The molecule has 0 saturated heterocycles. The lowest BCUT2D eigenvalue weighted by Crippen LogP contribution is -2.17. The van der Waals surface area contributed by atoms with Crippen LogP contribution in [-0.2, 0) is 0 Å². The van der Waals surface area contributed by atoms with Crippen molar-refractivity contribution in [1.29, 1.82) is 0 Å². The van der Waals surface area contributed by atoms with Gasteiger partial charge in [0.05, 0.1) is 0 Å². The second-order valence-corrected chi connectivity index (χ2v) is 5.08. The molecule has 1 atom stereocenters. The third-order valence-electron chi connectivity index (χ3n) is 3.31. The first-order valence-corrected chi connectivity index (χ1v) is 7.04. The third kappa shape index (κ3) is 3.58. The number of nitrogens with one attached hydrogen (secondary N) is 1. The molecule has 0 radical (unpaired) electrons. The summed E-state index contributed by atoms with van der Waals surface area (Å²) in [6.45, 7) is 9.30. The Morgan fingerprint density at radius 1 is 1.20 bits per heavy atom. The second kappa shape index (κ2) is 6.53. The molecule has 20 heavy (non-hydrogen) atoms. The molecular formula is C17H22N2O. The van der Waals surface area contributed by atoms with E-state index in [1.54, 1.807) is 0 Å². The Bertz CT molecular complexity index is 564. The summed E-state index contributed by atoms with van der Waals surface area (Å²) in [5.74, 6) is 1.49. The zero-order valence-corrected chi connectivity index (χ0v) is 12.6. The molecule has 0 amide bonds. The molecular weight excluding hydrogens is 248 g/mol. The van der Waals surface area contributed by atoms with Gasteiger partial charge in [0.25, 0.3) is 0 Å². The number of benzene rings is 1. The predicted octanol–water partition coefficient (Wildman–Crippen LogP) is 4.16. The number of rotatable bonds is 5. The highest BCUT2D eigenvalue weighted by Crippen LogP contribution is 2.25. The standard InChI is InChI=1S/C17H22N2O/c1-5-18-14(4)15-7-9-17(19-11-15)20-16-8-6-12(2)10-13(16)3/h6-11,14,18H,5H2,1-4H3. The van der Waals surface area contributed by atoms with Gasteiger partial charge in [-0.15, -0.1) is 0 Å². The summed E-state index contributed by atoms with van der Waals surface area (Å²) in [5, 5.41) is 3.37. The SMILES string of the molecule is CCNC(C)c1ccc(Oc2ccc(C)cc2C)nc1. The van der Waals surface area contributed by atoms with Crippen LogP contribution in [0.4, 0.5) is 0 Å². The van der Waals surface area contributed by atoms with Crippen LogP contribution >= 0.6 is 0 Å². The first-order valence-electron chi connectivity index (χ1n) is 7.04. The minimum Gasteiger partial charge on any atom is -0.439 e. The summed E-state index contributed by atoms with van der Waals surface area (Å²) in [6.07, 6.45) is 1.87. The van der Waals surface area contributed by atoms with Crippen LogP contribution < -0.4 is 10.1 Å². The van der Waals surface area contributed by atoms with E-state index in [4.69, 9.17) is 4.74 Å². The first-order chi connectivity index (χ1) is 9.60. The molecule has 3 nitrogen and oxygen atoms in total. The van der Waals surface area contributed by atoms with Gasteiger partial charge in [0.2, 0.25) is 5.88 Å². The van der Waals surface area contributed by atoms with Crippen molar-refractivity contribution in [3.05, 3.63) is 53.2 Å². The Hall–Kier alpha value is -1.87. The molecule has 0 spiro atoms. The van der Waals surface area contributed by atoms with Gasteiger partial charge in [-0.05, 0) is 44.5 Å². The van der Waals surface area contributed by atoms with E-state index in [-0.39, 0.29) is 0 Å². The molecule has 0 aliphatic rings. The molecule has 1 N–H and O–H groups in total. The fourth-order valence-corrected chi connectivity index (χ4v) is 2.16. The maximum Gasteiger partial charge on any atom is 0.219 e. The summed E-state index contributed by atoms with van der Waals surface area (Å²) in [4.78, 5) is 4.38. The minimum atomic E-state index is 0.308. The van der Waals surface area contributed by atoms with E-state index >= 15 is 0 Å². The second-order valence-electron chi connectivity index (χ2n) is 5.08. The molecule has 0 saturated carbocycles. The highest BCUT2D eigenvalue weighted by Gasteiger charge is 2.06. The molecule has 1 aromatic heterocycles. The average molecular weight is 270 g/mol. The number of nitrogens with zero attached hydrogens (tertiary/aromatic N) is 1. The van der Waals surface area contributed by atoms with E-state index in [1.807, 2.05) is 31.3 Å². The van der Waals surface area contributed by atoms with Gasteiger partial charge in [-0.25, -0.2) is 4.98 Å². The number of aryl methyl sites for hydroxylation is 2. The van der Waals surface area contributed by atoms with Gasteiger partial charge in [0.15, 0.2) is 0 Å². The molecule has 1 unspecified atom stereocenters. The number of hydrogen-bond acceptors (Lipinski definition) is 3. The van der Waals surface area contributed by atoms with Crippen molar-refractivity contribution in [2.75, 3.05) is 6.54 Å². The zero-order chi connectivity index (χ0) is 14.5. The van der Waals surface area contributed by atoms with Crippen LogP contribution in [0.15, 0.2) is 36.5 Å². The summed E-state index contributed by atoms with van der Waals surface area (Å²) < 4.78 is 5.83. The molecule has 0 fully saturated rings. The largest absolute Gasteiger partial charge is 0.439 e. The molecule has 2 aromatic rings. The first kappa shape index (κ1) is 14.5. The van der Waals surface area contributed by atoms with Gasteiger partial charge in [-0.2, -0.15) is 0 Å². The highest BCUT2D eigenvalue weighted by atomic mass is 16.5. The molecule has 1 heterocycles. The van der Waals surface area contributed by atoms with Crippen LogP contribution in [0.2, 0.25) is 0 Å². The summed E-state index contributed by atoms with van der Waals surface area (Å²) in [5.41, 5.74) is 3.52. The molecule has 3 heteroatoms. The van der Waals surface area contributed by atoms with Gasteiger partial charge in [-0.1, -0.05) is 30.7 Å². The van der Waals surface area contributed by atoms with Crippen molar-refractivity contribution in [2.45, 2.75) is 33.7 Å². The maximum atomic E-state index is 5.83. The monoisotopic (exact) mass is 270 g/mol. The number of ether oxygens (including phenoxy) is 1. The van der Waals surface area contributed by atoms with Crippen LogP contribution in [0.3, 0.4) is 0 Å². The third-order valence-corrected chi connectivity index (χ3v) is 3.31. The van der Waals surface area contributed by atoms with Crippen molar-refractivity contribution in [3.8, 4) is 11.6 Å². The Morgan fingerprint density at radius 3 is 2.60 bits per heavy atom. The van der Waals surface area contributed by atoms with Crippen LogP contribution in [0.1, 0.15) is 36.6 Å². The fourth-order valence-electron chi connectivity index (χ4n) is 2.16. The molecule has 0 bridgehead atoms. The van der Waals surface area contributed by atoms with E-state index in [9.17, 15) is 0 Å². The summed E-state index contributed by atoms with van der Waals surface area (Å²) >= 11 is 0. The Balaban J connectivity index is 2.10. The quantitative estimate of drug-likeness (QED) is 0.885. The van der Waals surface area contributed by atoms with E-state index in [0.717, 1.165) is 17.9 Å². The Labute approximate surface area is 121 Å². The Kier molecular flexibility index (Phi) is 4.74. The van der Waals surface area contributed by atoms with Crippen LogP contribution in [0, 0.1) is 13.8 Å². The van der Waals surface area contributed by atoms with Crippen LogP contribution in [0.5, 0.6) is 11.6 Å². The zero-order valence-electron chi connectivity index (χ0n) is 12.6. The average Bonchev–Trinajstić information content (AvgIpc) is 2.43. The van der Waals surface area contributed by atoms with E-state index < -0.39 is 0 Å². The molecule has 2 rings (SSSR count). The number of pyridine rings is 1. The van der Waals surface area contributed by atoms with Crippen molar-refractivity contribution in [3.63, 3.8) is 0 Å². The lowest BCUT2D eigenvalue weighted by Gasteiger charge is -2.13. The molecule has 0 aliphatic carbocycles. The van der Waals surface area contributed by atoms with E-state index in [2.05, 4.69) is 43.2 Å². The summed E-state index contributed by atoms with van der Waals surface area (Å²) in [7, 11) is 0. The predicted molar refractivity (Wildman–Crippen MR) is 82.3 cm³/mol. The van der Waals surface area contributed by atoms with Gasteiger partial charge in [-0.3, -0.25) is 0 Å². The van der Waals surface area contributed by atoms with Gasteiger partial charge in [0, 0.05) is 18.3 Å². The van der Waals surface area contributed by atoms with Gasteiger partial charge >= 0.3 is 0 Å². The smallest absolute Gasteiger partial charge is 0.219 e. The van der Waals surface area contributed by atoms with Crippen LogP contribution in [-0.4, -0.2) is 11.5 Å². The van der Waals surface area contributed by atoms with Crippen molar-refractivity contribution >= 4 is 0 Å². The van der Waals surface area contributed by atoms with Gasteiger partial charge in [0.1, 0.15) is 5.75 Å². The maximum absolute atomic E-state index is 5.83. The highest BCUT2D eigenvalue weighted by molar-refractivity contribution is 5.38. The van der Waals surface area contributed by atoms with Crippen LogP contribution in [0.25, 0.3) is 0 Å². The molecule has 1 aromatic carbocycles. The van der Waals surface area contributed by atoms with Crippen molar-refractivity contribution in [2.24, 2.45) is 0 Å². The lowest BCUT2D eigenvalue weighted by atomic mass is 10.1. The summed E-state index contributed by atoms with van der Waals surface area (Å²) in [6, 6.07) is 10.4. The number of aromatic nitrogens is 1. The van der Waals surface area contributed by atoms with Crippen molar-refractivity contribution < 1.29 is 4.74 Å². The molecule has 0 aliphatic heterocycles. The normalized spacial score (nSPS) is 12.2.